The molecule has 6 nitrogen and oxygen atoms in total. The number of halogens is 1. The van der Waals surface area contributed by atoms with Crippen molar-refractivity contribution in [2.24, 2.45) is 0 Å². The fourth-order valence-corrected chi connectivity index (χ4v) is 4.60. The van der Waals surface area contributed by atoms with Crippen molar-refractivity contribution in [3.05, 3.63) is 58.6 Å². The lowest BCUT2D eigenvalue weighted by Gasteiger charge is -2.33. The maximum absolute atomic E-state index is 6.29. The Hall–Kier alpha value is -2.44. The van der Waals surface area contributed by atoms with E-state index in [4.69, 9.17) is 16.6 Å². The summed E-state index contributed by atoms with van der Waals surface area (Å²) in [4.78, 5) is 14.1. The van der Waals surface area contributed by atoms with Crippen molar-refractivity contribution in [1.29, 1.82) is 0 Å². The monoisotopic (exact) mass is 438 g/mol. The van der Waals surface area contributed by atoms with Crippen molar-refractivity contribution in [2.75, 3.05) is 32.1 Å². The predicted molar refractivity (Wildman–Crippen MR) is 127 cm³/mol. The lowest BCUT2D eigenvalue weighted by molar-refractivity contribution is 0.198. The van der Waals surface area contributed by atoms with Crippen molar-refractivity contribution in [3.63, 3.8) is 0 Å². The zero-order valence-corrected chi connectivity index (χ0v) is 19.6. The fourth-order valence-electron chi connectivity index (χ4n) is 4.41. The molecule has 1 aromatic carbocycles. The van der Waals surface area contributed by atoms with Gasteiger partial charge in [0.1, 0.15) is 0 Å². The third-order valence-corrected chi connectivity index (χ3v) is 6.37. The van der Waals surface area contributed by atoms with E-state index in [0.717, 1.165) is 66.8 Å². The molecule has 1 fully saturated rings. The minimum atomic E-state index is 0.353. The van der Waals surface area contributed by atoms with E-state index in [9.17, 15) is 0 Å². The summed E-state index contributed by atoms with van der Waals surface area (Å²) in [5.74, 6) is 1.10. The molecular formula is C24H31ClN6. The number of anilines is 1. The van der Waals surface area contributed by atoms with Crippen LogP contribution < -0.4 is 4.90 Å². The molecule has 4 rings (SSSR count). The molecule has 3 aromatic rings. The highest BCUT2D eigenvalue weighted by atomic mass is 35.5. The molecule has 31 heavy (non-hydrogen) atoms. The molecule has 3 heterocycles. The first-order valence-corrected chi connectivity index (χ1v) is 11.4. The van der Waals surface area contributed by atoms with Crippen molar-refractivity contribution < 1.29 is 0 Å². The van der Waals surface area contributed by atoms with Crippen molar-refractivity contribution in [2.45, 2.75) is 45.7 Å². The zero-order valence-electron chi connectivity index (χ0n) is 18.8. The summed E-state index contributed by atoms with van der Waals surface area (Å²) < 4.78 is 2.07. The molecule has 0 amide bonds. The summed E-state index contributed by atoms with van der Waals surface area (Å²) in [6.07, 6.45) is 6.26. The normalized spacial score (nSPS) is 17.1. The van der Waals surface area contributed by atoms with Crippen LogP contribution in [0.4, 0.5) is 5.95 Å². The smallest absolute Gasteiger partial charge is 0.225 e. The average molecular weight is 439 g/mol. The van der Waals surface area contributed by atoms with Crippen LogP contribution in [0, 0.1) is 6.92 Å². The first kappa shape index (κ1) is 21.8. The molecule has 0 aliphatic carbocycles. The van der Waals surface area contributed by atoms with E-state index in [1.54, 1.807) is 0 Å². The number of piperidine rings is 1. The highest BCUT2D eigenvalue weighted by molar-refractivity contribution is 6.30. The third kappa shape index (κ3) is 4.75. The van der Waals surface area contributed by atoms with Crippen LogP contribution in [-0.4, -0.2) is 51.8 Å². The van der Waals surface area contributed by atoms with Gasteiger partial charge in [-0.2, -0.15) is 5.10 Å². The van der Waals surface area contributed by atoms with E-state index < -0.39 is 0 Å². The minimum absolute atomic E-state index is 0.353. The van der Waals surface area contributed by atoms with Crippen LogP contribution >= 0.6 is 11.6 Å². The van der Waals surface area contributed by atoms with Gasteiger partial charge >= 0.3 is 0 Å². The summed E-state index contributed by atoms with van der Waals surface area (Å²) in [5.41, 5.74) is 5.85. The maximum atomic E-state index is 6.29. The number of hydrogen-bond donors (Lipinski definition) is 0. The molecule has 164 valence electrons. The van der Waals surface area contributed by atoms with Gasteiger partial charge in [0, 0.05) is 67.7 Å². The van der Waals surface area contributed by atoms with Crippen molar-refractivity contribution in [1.82, 2.24) is 24.6 Å². The predicted octanol–water partition coefficient (Wildman–Crippen LogP) is 4.77. The summed E-state index contributed by atoms with van der Waals surface area (Å²) in [5, 5.41) is 5.25. The van der Waals surface area contributed by atoms with E-state index in [2.05, 4.69) is 39.6 Å². The van der Waals surface area contributed by atoms with Gasteiger partial charge < -0.3 is 4.90 Å². The average Bonchev–Trinajstić information content (AvgIpc) is 3.12. The van der Waals surface area contributed by atoms with Gasteiger partial charge in [0.05, 0.1) is 11.9 Å². The molecule has 0 saturated carbocycles. The van der Waals surface area contributed by atoms with Gasteiger partial charge in [-0.05, 0) is 50.9 Å². The van der Waals surface area contributed by atoms with Gasteiger partial charge in [0.15, 0.2) is 0 Å². The maximum Gasteiger partial charge on any atom is 0.225 e. The number of aryl methyl sites for hydroxylation is 1. The summed E-state index contributed by atoms with van der Waals surface area (Å²) in [6, 6.07) is 7.98. The molecule has 0 radical (unpaired) electrons. The second-order valence-electron chi connectivity index (χ2n) is 8.52. The third-order valence-electron chi connectivity index (χ3n) is 6.13. The topological polar surface area (TPSA) is 50.1 Å². The second kappa shape index (κ2) is 9.37. The van der Waals surface area contributed by atoms with Gasteiger partial charge in [-0.3, -0.25) is 9.58 Å². The molecule has 1 aliphatic rings. The van der Waals surface area contributed by atoms with Crippen LogP contribution in [0.5, 0.6) is 0 Å². The summed E-state index contributed by atoms with van der Waals surface area (Å²) >= 11 is 6.29. The zero-order chi connectivity index (χ0) is 22.0. The first-order chi connectivity index (χ1) is 15.0. The first-order valence-electron chi connectivity index (χ1n) is 11.0. The number of benzene rings is 1. The Morgan fingerprint density at radius 2 is 2.06 bits per heavy atom. The highest BCUT2D eigenvalue weighted by Gasteiger charge is 2.26. The summed E-state index contributed by atoms with van der Waals surface area (Å²) in [6.45, 7) is 8.22. The number of rotatable bonds is 6. The Kier molecular flexibility index (Phi) is 6.58. The van der Waals surface area contributed by atoms with Crippen LogP contribution in [0.1, 0.15) is 42.6 Å². The Balaban J connectivity index is 1.63. The fraction of sp³-hybridized carbons (Fsp3) is 0.458. The lowest BCUT2D eigenvalue weighted by Crippen LogP contribution is -2.34. The van der Waals surface area contributed by atoms with Crippen LogP contribution in [0.2, 0.25) is 5.02 Å². The number of likely N-dealkylation sites (tertiary alicyclic amines) is 1. The SMILES string of the molecule is CCn1ncc(CN2CCC[C@H](c3nc(N(C)C)ncc3-c3cccc(Cl)c3)C2)c1C. The van der Waals surface area contributed by atoms with Gasteiger partial charge in [-0.1, -0.05) is 23.7 Å². The van der Waals surface area contributed by atoms with E-state index in [-0.39, 0.29) is 0 Å². The number of hydrogen-bond acceptors (Lipinski definition) is 5. The minimum Gasteiger partial charge on any atom is -0.347 e. The van der Waals surface area contributed by atoms with Crippen molar-refractivity contribution in [3.8, 4) is 11.1 Å². The molecular weight excluding hydrogens is 408 g/mol. The van der Waals surface area contributed by atoms with Gasteiger partial charge in [-0.25, -0.2) is 9.97 Å². The molecule has 1 aliphatic heterocycles. The van der Waals surface area contributed by atoms with Gasteiger partial charge in [-0.15, -0.1) is 0 Å². The quantitative estimate of drug-likeness (QED) is 0.555. The molecule has 0 bridgehead atoms. The molecule has 0 N–H and O–H groups in total. The largest absolute Gasteiger partial charge is 0.347 e. The van der Waals surface area contributed by atoms with Gasteiger partial charge in [0.25, 0.3) is 0 Å². The molecule has 0 spiro atoms. The van der Waals surface area contributed by atoms with Crippen LogP contribution in [0.15, 0.2) is 36.7 Å². The van der Waals surface area contributed by atoms with Gasteiger partial charge in [0.2, 0.25) is 5.95 Å². The standard InChI is InChI=1S/C24H31ClN6/c1-5-31-17(2)20(13-27-31)16-30-11-7-9-19(15-30)23-22(14-26-24(28-23)29(3)4)18-8-6-10-21(25)12-18/h6,8,10,12-14,19H,5,7,9,11,15-16H2,1-4H3/t19-/m0/s1. The molecule has 7 heteroatoms. The Bertz CT molecular complexity index is 1040. The highest BCUT2D eigenvalue weighted by Crippen LogP contribution is 2.35. The van der Waals surface area contributed by atoms with E-state index >= 15 is 0 Å². The molecule has 0 unspecified atom stereocenters. The molecule has 1 saturated heterocycles. The Morgan fingerprint density at radius 1 is 1.23 bits per heavy atom. The number of nitrogens with zero attached hydrogens (tertiary/aromatic N) is 6. The molecule has 1 atom stereocenters. The number of aromatic nitrogens is 4. The Morgan fingerprint density at radius 3 is 2.77 bits per heavy atom. The van der Waals surface area contributed by atoms with Crippen LogP contribution in [0.25, 0.3) is 11.1 Å². The molecule has 2 aromatic heterocycles. The van der Waals surface area contributed by atoms with E-state index in [1.165, 1.54) is 11.3 Å². The van der Waals surface area contributed by atoms with E-state index in [0.29, 0.717) is 5.92 Å². The van der Waals surface area contributed by atoms with Crippen LogP contribution in [-0.2, 0) is 13.1 Å². The second-order valence-corrected chi connectivity index (χ2v) is 8.96. The van der Waals surface area contributed by atoms with Crippen LogP contribution in [0.3, 0.4) is 0 Å². The summed E-state index contributed by atoms with van der Waals surface area (Å²) in [7, 11) is 3.97. The Labute approximate surface area is 189 Å². The lowest BCUT2D eigenvalue weighted by atomic mass is 9.89. The van der Waals surface area contributed by atoms with E-state index in [1.807, 2.05) is 49.6 Å². The van der Waals surface area contributed by atoms with Crippen molar-refractivity contribution >= 4 is 17.5 Å².